The normalized spacial score (nSPS) is 18.4. The van der Waals surface area contributed by atoms with Crippen molar-refractivity contribution < 1.29 is 0 Å². The SMILES string of the molecule is c1ccc2c(c1)CSc1ccccc1N(CCCN1CCCNCC1)C2. The summed E-state index contributed by atoms with van der Waals surface area (Å²) in [5.74, 6) is 1.07. The van der Waals surface area contributed by atoms with Crippen LogP contribution in [0.2, 0.25) is 0 Å². The Kier molecular flexibility index (Phi) is 6.15. The van der Waals surface area contributed by atoms with Crippen molar-refractivity contribution in [2.24, 2.45) is 0 Å². The zero-order valence-electron chi connectivity index (χ0n) is 15.5. The Bertz CT molecular complexity index is 710. The van der Waals surface area contributed by atoms with Gasteiger partial charge in [0.15, 0.2) is 0 Å². The molecule has 1 saturated heterocycles. The van der Waals surface area contributed by atoms with Crippen LogP contribution in [-0.4, -0.2) is 44.2 Å². The first-order valence-corrected chi connectivity index (χ1v) is 10.9. The van der Waals surface area contributed by atoms with Gasteiger partial charge in [0.2, 0.25) is 0 Å². The first-order valence-electron chi connectivity index (χ1n) is 9.87. The molecule has 0 radical (unpaired) electrons. The van der Waals surface area contributed by atoms with Crippen molar-refractivity contribution in [3.8, 4) is 0 Å². The van der Waals surface area contributed by atoms with Crippen LogP contribution in [0.3, 0.4) is 0 Å². The van der Waals surface area contributed by atoms with Crippen molar-refractivity contribution in [2.45, 2.75) is 30.0 Å². The summed E-state index contributed by atoms with van der Waals surface area (Å²) in [5.41, 5.74) is 4.37. The van der Waals surface area contributed by atoms with E-state index >= 15 is 0 Å². The van der Waals surface area contributed by atoms with Crippen molar-refractivity contribution in [2.75, 3.05) is 44.2 Å². The number of nitrogens with zero attached hydrogens (tertiary/aromatic N) is 2. The molecule has 0 bridgehead atoms. The maximum Gasteiger partial charge on any atom is 0.0507 e. The van der Waals surface area contributed by atoms with Crippen LogP contribution in [0.25, 0.3) is 0 Å². The number of thioether (sulfide) groups is 1. The molecule has 0 aliphatic carbocycles. The largest absolute Gasteiger partial charge is 0.366 e. The number of hydrogen-bond donors (Lipinski definition) is 1. The van der Waals surface area contributed by atoms with Crippen LogP contribution in [0.1, 0.15) is 24.0 Å². The molecular formula is C22H29N3S. The Morgan fingerprint density at radius 1 is 0.885 bits per heavy atom. The standard InChI is InChI=1S/C22H29N3S/c1-2-8-20-18-26-22-10-4-3-9-21(22)25(17-19(20)7-1)15-6-14-24-13-5-11-23-12-16-24/h1-4,7-10,23H,5-6,11-18H2. The highest BCUT2D eigenvalue weighted by Crippen LogP contribution is 2.36. The third kappa shape index (κ3) is 4.43. The molecule has 0 saturated carbocycles. The lowest BCUT2D eigenvalue weighted by atomic mass is 10.1. The maximum atomic E-state index is 3.50. The fraction of sp³-hybridized carbons (Fsp3) is 0.455. The van der Waals surface area contributed by atoms with Gasteiger partial charge in [0, 0.05) is 36.8 Å². The van der Waals surface area contributed by atoms with Gasteiger partial charge in [0.25, 0.3) is 0 Å². The monoisotopic (exact) mass is 367 g/mol. The van der Waals surface area contributed by atoms with Crippen LogP contribution >= 0.6 is 11.8 Å². The third-order valence-electron chi connectivity index (χ3n) is 5.40. The molecule has 1 fully saturated rings. The van der Waals surface area contributed by atoms with E-state index in [0.29, 0.717) is 0 Å². The van der Waals surface area contributed by atoms with Crippen molar-refractivity contribution in [1.29, 1.82) is 0 Å². The predicted molar refractivity (Wildman–Crippen MR) is 112 cm³/mol. The van der Waals surface area contributed by atoms with Crippen molar-refractivity contribution in [1.82, 2.24) is 10.2 Å². The van der Waals surface area contributed by atoms with E-state index in [9.17, 15) is 0 Å². The summed E-state index contributed by atoms with van der Waals surface area (Å²) in [4.78, 5) is 6.63. The summed E-state index contributed by atoms with van der Waals surface area (Å²) in [6.07, 6.45) is 2.50. The summed E-state index contributed by atoms with van der Waals surface area (Å²) in [6, 6.07) is 17.9. The first kappa shape index (κ1) is 17.9. The first-order chi connectivity index (χ1) is 12.9. The van der Waals surface area contributed by atoms with Gasteiger partial charge in [-0.2, -0.15) is 0 Å². The maximum absolute atomic E-state index is 3.50. The van der Waals surface area contributed by atoms with E-state index in [2.05, 4.69) is 63.6 Å². The highest BCUT2D eigenvalue weighted by Gasteiger charge is 2.18. The van der Waals surface area contributed by atoms with E-state index in [-0.39, 0.29) is 0 Å². The zero-order valence-corrected chi connectivity index (χ0v) is 16.3. The second kappa shape index (κ2) is 8.94. The molecule has 2 heterocycles. The summed E-state index contributed by atoms with van der Waals surface area (Å²) in [6.45, 7) is 8.08. The number of hydrogen-bond acceptors (Lipinski definition) is 4. The molecule has 0 unspecified atom stereocenters. The number of fused-ring (bicyclic) bond motifs is 2. The molecule has 138 valence electrons. The van der Waals surface area contributed by atoms with E-state index in [4.69, 9.17) is 0 Å². The number of benzene rings is 2. The average Bonchev–Trinajstić information content (AvgIpc) is 2.94. The lowest BCUT2D eigenvalue weighted by molar-refractivity contribution is 0.289. The molecule has 1 N–H and O–H groups in total. The molecule has 2 aromatic rings. The van der Waals surface area contributed by atoms with Crippen LogP contribution in [0, 0.1) is 0 Å². The Hall–Kier alpha value is -1.49. The Morgan fingerprint density at radius 3 is 2.69 bits per heavy atom. The van der Waals surface area contributed by atoms with E-state index in [1.807, 2.05) is 11.8 Å². The molecule has 2 aliphatic heterocycles. The predicted octanol–water partition coefficient (Wildman–Crippen LogP) is 3.98. The smallest absolute Gasteiger partial charge is 0.0507 e. The number of nitrogens with one attached hydrogen (secondary N) is 1. The lowest BCUT2D eigenvalue weighted by Crippen LogP contribution is -2.32. The molecule has 4 rings (SSSR count). The highest BCUT2D eigenvalue weighted by atomic mass is 32.2. The molecule has 2 aliphatic rings. The summed E-state index contributed by atoms with van der Waals surface area (Å²) in [7, 11) is 0. The Labute approximate surface area is 161 Å². The third-order valence-corrected chi connectivity index (χ3v) is 6.52. The van der Waals surface area contributed by atoms with Gasteiger partial charge in [0.05, 0.1) is 5.69 Å². The molecule has 2 aromatic carbocycles. The summed E-state index contributed by atoms with van der Waals surface area (Å²) in [5, 5.41) is 3.50. The van der Waals surface area contributed by atoms with Gasteiger partial charge in [-0.15, -0.1) is 11.8 Å². The Balaban J connectivity index is 1.47. The van der Waals surface area contributed by atoms with Gasteiger partial charge < -0.3 is 15.1 Å². The highest BCUT2D eigenvalue weighted by molar-refractivity contribution is 7.98. The molecule has 0 amide bonds. The summed E-state index contributed by atoms with van der Waals surface area (Å²) < 4.78 is 0. The molecule has 0 atom stereocenters. The fourth-order valence-corrected chi connectivity index (χ4v) is 5.06. The van der Waals surface area contributed by atoms with Crippen molar-refractivity contribution >= 4 is 17.4 Å². The Morgan fingerprint density at radius 2 is 1.73 bits per heavy atom. The molecule has 26 heavy (non-hydrogen) atoms. The second-order valence-corrected chi connectivity index (χ2v) is 8.26. The van der Waals surface area contributed by atoms with Crippen LogP contribution in [0.5, 0.6) is 0 Å². The van der Waals surface area contributed by atoms with E-state index in [1.54, 1.807) is 0 Å². The van der Waals surface area contributed by atoms with E-state index < -0.39 is 0 Å². The molecule has 0 aromatic heterocycles. The van der Waals surface area contributed by atoms with Crippen LogP contribution in [0.4, 0.5) is 5.69 Å². The minimum absolute atomic E-state index is 1.02. The van der Waals surface area contributed by atoms with Gasteiger partial charge in [0.1, 0.15) is 0 Å². The number of rotatable bonds is 4. The van der Waals surface area contributed by atoms with Gasteiger partial charge >= 0.3 is 0 Å². The topological polar surface area (TPSA) is 18.5 Å². The van der Waals surface area contributed by atoms with Crippen molar-refractivity contribution in [3.63, 3.8) is 0 Å². The molecule has 3 nitrogen and oxygen atoms in total. The van der Waals surface area contributed by atoms with Crippen LogP contribution in [0.15, 0.2) is 53.4 Å². The van der Waals surface area contributed by atoms with Crippen LogP contribution < -0.4 is 10.2 Å². The zero-order chi connectivity index (χ0) is 17.6. The number of anilines is 1. The minimum Gasteiger partial charge on any atom is -0.366 e. The van der Waals surface area contributed by atoms with E-state index in [1.165, 1.54) is 60.7 Å². The van der Waals surface area contributed by atoms with Gasteiger partial charge in [-0.05, 0) is 55.7 Å². The van der Waals surface area contributed by atoms with Crippen molar-refractivity contribution in [3.05, 3.63) is 59.7 Å². The summed E-state index contributed by atoms with van der Waals surface area (Å²) >= 11 is 1.97. The fourth-order valence-electron chi connectivity index (χ4n) is 3.95. The quantitative estimate of drug-likeness (QED) is 0.880. The lowest BCUT2D eigenvalue weighted by Gasteiger charge is -2.31. The van der Waals surface area contributed by atoms with Gasteiger partial charge in [-0.1, -0.05) is 36.4 Å². The molecule has 4 heteroatoms. The number of para-hydroxylation sites is 1. The minimum atomic E-state index is 1.02. The van der Waals surface area contributed by atoms with E-state index in [0.717, 1.165) is 25.4 Å². The molecule has 0 spiro atoms. The van der Waals surface area contributed by atoms with Crippen LogP contribution in [-0.2, 0) is 12.3 Å². The second-order valence-electron chi connectivity index (χ2n) is 7.25. The van der Waals surface area contributed by atoms with Gasteiger partial charge in [-0.25, -0.2) is 0 Å². The molecular weight excluding hydrogens is 338 g/mol. The van der Waals surface area contributed by atoms with Gasteiger partial charge in [-0.3, -0.25) is 0 Å². The average molecular weight is 368 g/mol.